The molecule has 0 spiro atoms. The molecule has 116 valence electrons. The zero-order chi connectivity index (χ0) is 14.7. The Morgan fingerprint density at radius 1 is 1.29 bits per heavy atom. The van der Waals surface area contributed by atoms with Crippen molar-refractivity contribution in [3.05, 3.63) is 24.2 Å². The van der Waals surface area contributed by atoms with Gasteiger partial charge in [-0.25, -0.2) is 4.79 Å². The predicted molar refractivity (Wildman–Crippen MR) is 78.7 cm³/mol. The lowest BCUT2D eigenvalue weighted by Crippen LogP contribution is -2.48. The molecule has 0 aromatic carbocycles. The number of urea groups is 1. The SMILES string of the molecule is O=C(NCC(O)(c1ccco1)C1CC1)NC1CCCCC1. The van der Waals surface area contributed by atoms with E-state index in [1.165, 1.54) is 19.3 Å². The van der Waals surface area contributed by atoms with Gasteiger partial charge >= 0.3 is 6.03 Å². The van der Waals surface area contributed by atoms with Crippen molar-refractivity contribution in [2.24, 2.45) is 5.92 Å². The number of carbonyl (C=O) groups excluding carboxylic acids is 1. The maximum Gasteiger partial charge on any atom is 0.315 e. The molecule has 2 saturated carbocycles. The first-order valence-electron chi connectivity index (χ1n) is 7.99. The monoisotopic (exact) mass is 292 g/mol. The topological polar surface area (TPSA) is 74.5 Å². The summed E-state index contributed by atoms with van der Waals surface area (Å²) in [6.07, 6.45) is 9.25. The molecular weight excluding hydrogens is 268 g/mol. The highest BCUT2D eigenvalue weighted by Gasteiger charge is 2.47. The lowest BCUT2D eigenvalue weighted by molar-refractivity contribution is -0.00458. The second kappa shape index (κ2) is 6.10. The lowest BCUT2D eigenvalue weighted by Gasteiger charge is -2.28. The third-order valence-corrected chi connectivity index (χ3v) is 4.66. The Morgan fingerprint density at radius 3 is 2.67 bits per heavy atom. The summed E-state index contributed by atoms with van der Waals surface area (Å²) in [5, 5.41) is 16.7. The number of amides is 2. The molecule has 3 rings (SSSR count). The van der Waals surface area contributed by atoms with Crippen molar-refractivity contribution >= 4 is 6.03 Å². The Morgan fingerprint density at radius 2 is 2.05 bits per heavy atom. The second-order valence-electron chi connectivity index (χ2n) is 6.34. The van der Waals surface area contributed by atoms with Gasteiger partial charge in [0.15, 0.2) is 0 Å². The molecule has 0 aliphatic heterocycles. The van der Waals surface area contributed by atoms with Gasteiger partial charge in [-0.1, -0.05) is 19.3 Å². The first-order chi connectivity index (χ1) is 10.2. The minimum absolute atomic E-state index is 0.179. The summed E-state index contributed by atoms with van der Waals surface area (Å²) >= 11 is 0. The molecule has 5 heteroatoms. The normalized spacial score (nSPS) is 22.5. The van der Waals surface area contributed by atoms with Gasteiger partial charge in [0.2, 0.25) is 0 Å². The van der Waals surface area contributed by atoms with Gasteiger partial charge < -0.3 is 20.2 Å². The minimum atomic E-state index is -1.08. The number of carbonyl (C=O) groups is 1. The van der Waals surface area contributed by atoms with Gasteiger partial charge in [0.25, 0.3) is 0 Å². The Bertz CT molecular complexity index is 464. The summed E-state index contributed by atoms with van der Waals surface area (Å²) in [6.45, 7) is 0.198. The van der Waals surface area contributed by atoms with Crippen LogP contribution in [0.15, 0.2) is 22.8 Å². The summed E-state index contributed by atoms with van der Waals surface area (Å²) in [7, 11) is 0. The van der Waals surface area contributed by atoms with E-state index in [4.69, 9.17) is 4.42 Å². The summed E-state index contributed by atoms with van der Waals surface area (Å²) in [5.74, 6) is 0.724. The number of rotatable bonds is 5. The Balaban J connectivity index is 1.53. The first-order valence-corrected chi connectivity index (χ1v) is 7.99. The molecule has 1 unspecified atom stereocenters. The quantitative estimate of drug-likeness (QED) is 0.780. The van der Waals surface area contributed by atoms with Crippen molar-refractivity contribution in [2.75, 3.05) is 6.54 Å². The molecule has 1 aromatic heterocycles. The summed E-state index contributed by atoms with van der Waals surface area (Å²) in [4.78, 5) is 12.0. The first kappa shape index (κ1) is 14.4. The fourth-order valence-corrected chi connectivity index (χ4v) is 3.22. The molecule has 0 radical (unpaired) electrons. The fraction of sp³-hybridized carbons (Fsp3) is 0.688. The molecule has 0 bridgehead atoms. The van der Waals surface area contributed by atoms with E-state index in [1.54, 1.807) is 18.4 Å². The van der Waals surface area contributed by atoms with Crippen LogP contribution >= 0.6 is 0 Å². The molecule has 5 nitrogen and oxygen atoms in total. The molecule has 3 N–H and O–H groups in total. The maximum atomic E-state index is 12.0. The van der Waals surface area contributed by atoms with E-state index in [1.807, 2.05) is 0 Å². The standard InChI is InChI=1S/C16H24N2O3/c19-15(18-13-5-2-1-3-6-13)17-11-16(20,12-8-9-12)14-7-4-10-21-14/h4,7,10,12-13,20H,1-3,5-6,8-9,11H2,(H2,17,18,19). The number of hydrogen-bond donors (Lipinski definition) is 3. The number of aliphatic hydroxyl groups is 1. The number of hydrogen-bond acceptors (Lipinski definition) is 3. The van der Waals surface area contributed by atoms with Gasteiger partial charge in [-0.3, -0.25) is 0 Å². The Labute approximate surface area is 125 Å². The zero-order valence-corrected chi connectivity index (χ0v) is 12.3. The van der Waals surface area contributed by atoms with Crippen LogP contribution in [0.4, 0.5) is 4.79 Å². The Kier molecular flexibility index (Phi) is 4.19. The molecule has 0 saturated heterocycles. The van der Waals surface area contributed by atoms with Gasteiger partial charge in [-0.2, -0.15) is 0 Å². The molecular formula is C16H24N2O3. The molecule has 2 amide bonds. The van der Waals surface area contributed by atoms with E-state index in [-0.39, 0.29) is 24.5 Å². The highest BCUT2D eigenvalue weighted by Crippen LogP contribution is 2.45. The zero-order valence-electron chi connectivity index (χ0n) is 12.3. The van der Waals surface area contributed by atoms with Crippen molar-refractivity contribution in [1.29, 1.82) is 0 Å². The third-order valence-electron chi connectivity index (χ3n) is 4.66. The maximum absolute atomic E-state index is 12.0. The van der Waals surface area contributed by atoms with Crippen LogP contribution in [-0.4, -0.2) is 23.7 Å². The van der Waals surface area contributed by atoms with E-state index in [9.17, 15) is 9.90 Å². The van der Waals surface area contributed by atoms with E-state index in [0.29, 0.717) is 5.76 Å². The molecule has 1 aromatic rings. The fourth-order valence-electron chi connectivity index (χ4n) is 3.22. The van der Waals surface area contributed by atoms with Crippen LogP contribution in [0.2, 0.25) is 0 Å². The molecule has 2 aliphatic carbocycles. The second-order valence-corrected chi connectivity index (χ2v) is 6.34. The van der Waals surface area contributed by atoms with Gasteiger partial charge in [-0.15, -0.1) is 0 Å². The van der Waals surface area contributed by atoms with Gasteiger partial charge in [0.05, 0.1) is 12.8 Å². The van der Waals surface area contributed by atoms with Crippen LogP contribution in [0, 0.1) is 5.92 Å². The van der Waals surface area contributed by atoms with Crippen LogP contribution in [0.5, 0.6) is 0 Å². The van der Waals surface area contributed by atoms with Crippen molar-refractivity contribution < 1.29 is 14.3 Å². The average molecular weight is 292 g/mol. The van der Waals surface area contributed by atoms with Crippen LogP contribution < -0.4 is 10.6 Å². The van der Waals surface area contributed by atoms with Crippen molar-refractivity contribution in [2.45, 2.75) is 56.6 Å². The lowest BCUT2D eigenvalue weighted by atomic mass is 9.94. The van der Waals surface area contributed by atoms with E-state index >= 15 is 0 Å². The van der Waals surface area contributed by atoms with Crippen LogP contribution in [0.1, 0.15) is 50.7 Å². The van der Waals surface area contributed by atoms with E-state index in [2.05, 4.69) is 10.6 Å². The van der Waals surface area contributed by atoms with Gasteiger partial charge in [-0.05, 0) is 43.7 Å². The van der Waals surface area contributed by atoms with Crippen LogP contribution in [-0.2, 0) is 5.60 Å². The third kappa shape index (κ3) is 3.40. The predicted octanol–water partition coefficient (Wildman–Crippen LogP) is 2.51. The van der Waals surface area contributed by atoms with Crippen molar-refractivity contribution in [3.63, 3.8) is 0 Å². The summed E-state index contributed by atoms with van der Waals surface area (Å²) in [6, 6.07) is 3.63. The molecule has 21 heavy (non-hydrogen) atoms. The average Bonchev–Trinajstić information content (AvgIpc) is 3.21. The van der Waals surface area contributed by atoms with E-state index < -0.39 is 5.60 Å². The number of nitrogens with one attached hydrogen (secondary N) is 2. The van der Waals surface area contributed by atoms with Gasteiger partial charge in [0, 0.05) is 6.04 Å². The minimum Gasteiger partial charge on any atom is -0.466 e. The summed E-state index contributed by atoms with van der Waals surface area (Å²) < 4.78 is 5.36. The highest BCUT2D eigenvalue weighted by atomic mass is 16.4. The number of furan rings is 1. The highest BCUT2D eigenvalue weighted by molar-refractivity contribution is 5.74. The van der Waals surface area contributed by atoms with Crippen molar-refractivity contribution in [1.82, 2.24) is 10.6 Å². The van der Waals surface area contributed by atoms with Crippen LogP contribution in [0.3, 0.4) is 0 Å². The Hall–Kier alpha value is -1.49. The largest absolute Gasteiger partial charge is 0.466 e. The molecule has 1 heterocycles. The smallest absolute Gasteiger partial charge is 0.315 e. The van der Waals surface area contributed by atoms with E-state index in [0.717, 1.165) is 25.7 Å². The van der Waals surface area contributed by atoms with Crippen molar-refractivity contribution in [3.8, 4) is 0 Å². The summed E-state index contributed by atoms with van der Waals surface area (Å²) in [5.41, 5.74) is -1.08. The van der Waals surface area contributed by atoms with Crippen LogP contribution in [0.25, 0.3) is 0 Å². The molecule has 2 aliphatic rings. The molecule has 1 atom stereocenters. The molecule has 2 fully saturated rings. The van der Waals surface area contributed by atoms with Gasteiger partial charge in [0.1, 0.15) is 11.4 Å².